The van der Waals surface area contributed by atoms with E-state index in [1.54, 1.807) is 7.11 Å². The van der Waals surface area contributed by atoms with E-state index in [0.717, 1.165) is 12.0 Å². The molecule has 0 saturated carbocycles. The van der Waals surface area contributed by atoms with E-state index in [1.807, 2.05) is 35.2 Å². The lowest BCUT2D eigenvalue weighted by Crippen LogP contribution is -2.36. The van der Waals surface area contributed by atoms with Crippen molar-refractivity contribution in [2.45, 2.75) is 19.3 Å². The van der Waals surface area contributed by atoms with Gasteiger partial charge in [0.25, 0.3) is 0 Å². The molecule has 0 unspecified atom stereocenters. The first-order valence-electron chi connectivity index (χ1n) is 6.72. The second-order valence-corrected chi connectivity index (χ2v) is 5.13. The topological polar surface area (TPSA) is 55.6 Å². The molecule has 1 rings (SSSR count). The summed E-state index contributed by atoms with van der Waals surface area (Å²) < 4.78 is 5.03. The third kappa shape index (κ3) is 6.63. The average Bonchev–Trinajstić information content (AvgIpc) is 2.43. The van der Waals surface area contributed by atoms with Gasteiger partial charge in [-0.15, -0.1) is 0 Å². The maximum absolute atomic E-state index is 12.3. The summed E-state index contributed by atoms with van der Waals surface area (Å²) in [5, 5.41) is 0. The lowest BCUT2D eigenvalue weighted by molar-refractivity contribution is -0.130. The van der Waals surface area contributed by atoms with Gasteiger partial charge in [-0.05, 0) is 12.0 Å². The van der Waals surface area contributed by atoms with Gasteiger partial charge >= 0.3 is 0 Å². The van der Waals surface area contributed by atoms with E-state index in [0.29, 0.717) is 37.5 Å². The van der Waals surface area contributed by atoms with Crippen molar-refractivity contribution in [2.75, 3.05) is 26.8 Å². The number of methoxy groups -OCH3 is 1. The molecule has 110 valence electrons. The van der Waals surface area contributed by atoms with Crippen LogP contribution in [0.15, 0.2) is 30.3 Å². The zero-order valence-electron chi connectivity index (χ0n) is 11.9. The van der Waals surface area contributed by atoms with Crippen LogP contribution in [-0.2, 0) is 16.0 Å². The maximum Gasteiger partial charge on any atom is 0.227 e. The first-order valence-corrected chi connectivity index (χ1v) is 7.13. The highest BCUT2D eigenvalue weighted by Gasteiger charge is 2.13. The van der Waals surface area contributed by atoms with Crippen LogP contribution in [0.3, 0.4) is 0 Å². The van der Waals surface area contributed by atoms with Crippen LogP contribution in [-0.4, -0.2) is 42.6 Å². The summed E-state index contributed by atoms with van der Waals surface area (Å²) >= 11 is 4.88. The third-order valence-electron chi connectivity index (χ3n) is 2.96. The molecule has 0 fully saturated rings. The van der Waals surface area contributed by atoms with Crippen LogP contribution in [0, 0.1) is 0 Å². The van der Waals surface area contributed by atoms with E-state index >= 15 is 0 Å². The number of thiocarbonyl (C=S) groups is 1. The second kappa shape index (κ2) is 9.44. The molecule has 4 nitrogen and oxygen atoms in total. The molecule has 1 aromatic rings. The minimum atomic E-state index is 0.101. The van der Waals surface area contributed by atoms with Crippen molar-refractivity contribution >= 4 is 23.1 Å². The summed E-state index contributed by atoms with van der Waals surface area (Å²) in [4.78, 5) is 14.6. The van der Waals surface area contributed by atoms with Crippen molar-refractivity contribution in [1.29, 1.82) is 0 Å². The van der Waals surface area contributed by atoms with E-state index in [-0.39, 0.29) is 5.91 Å². The highest BCUT2D eigenvalue weighted by Crippen LogP contribution is 2.05. The summed E-state index contributed by atoms with van der Waals surface area (Å²) in [6.45, 7) is 1.88. The van der Waals surface area contributed by atoms with Crippen LogP contribution in [0.25, 0.3) is 0 Å². The number of hydrogen-bond donors (Lipinski definition) is 1. The molecule has 0 aliphatic heterocycles. The monoisotopic (exact) mass is 294 g/mol. The smallest absolute Gasteiger partial charge is 0.227 e. The Labute approximate surface area is 125 Å². The van der Waals surface area contributed by atoms with Crippen molar-refractivity contribution in [3.05, 3.63) is 35.9 Å². The van der Waals surface area contributed by atoms with Gasteiger partial charge in [-0.25, -0.2) is 0 Å². The highest BCUT2D eigenvalue weighted by atomic mass is 32.1. The number of ether oxygens (including phenoxy) is 1. The number of benzene rings is 1. The van der Waals surface area contributed by atoms with Gasteiger partial charge in [0, 0.05) is 33.2 Å². The fourth-order valence-electron chi connectivity index (χ4n) is 1.89. The van der Waals surface area contributed by atoms with Gasteiger partial charge in [0.2, 0.25) is 5.91 Å². The molecule has 2 N–H and O–H groups in total. The van der Waals surface area contributed by atoms with E-state index in [9.17, 15) is 4.79 Å². The Morgan fingerprint density at radius 3 is 2.60 bits per heavy atom. The molecule has 0 saturated heterocycles. The van der Waals surface area contributed by atoms with Gasteiger partial charge in [-0.2, -0.15) is 0 Å². The van der Waals surface area contributed by atoms with Crippen LogP contribution >= 0.6 is 12.2 Å². The molecular formula is C15H22N2O2S. The predicted molar refractivity (Wildman–Crippen MR) is 84.6 cm³/mol. The number of hydrogen-bond acceptors (Lipinski definition) is 3. The summed E-state index contributed by atoms with van der Waals surface area (Å²) in [6.07, 6.45) is 1.78. The quantitative estimate of drug-likeness (QED) is 0.557. The molecule has 0 radical (unpaired) electrons. The van der Waals surface area contributed by atoms with E-state index in [4.69, 9.17) is 22.7 Å². The van der Waals surface area contributed by atoms with Crippen LogP contribution in [0.4, 0.5) is 0 Å². The van der Waals surface area contributed by atoms with Crippen molar-refractivity contribution in [1.82, 2.24) is 4.90 Å². The van der Waals surface area contributed by atoms with Gasteiger partial charge in [-0.1, -0.05) is 42.5 Å². The SMILES string of the molecule is COCCCN(CCC(N)=S)C(=O)Cc1ccccc1. The van der Waals surface area contributed by atoms with Gasteiger partial charge in [0.1, 0.15) is 0 Å². The summed E-state index contributed by atoms with van der Waals surface area (Å²) in [5.74, 6) is 0.101. The summed E-state index contributed by atoms with van der Waals surface area (Å²) in [6, 6.07) is 9.73. The Hall–Kier alpha value is -1.46. The zero-order valence-corrected chi connectivity index (χ0v) is 12.7. The first kappa shape index (κ1) is 16.6. The Morgan fingerprint density at radius 2 is 2.00 bits per heavy atom. The minimum Gasteiger partial charge on any atom is -0.393 e. The molecular weight excluding hydrogens is 272 g/mol. The Morgan fingerprint density at radius 1 is 1.30 bits per heavy atom. The molecule has 1 amide bonds. The Balaban J connectivity index is 2.55. The molecule has 0 aromatic heterocycles. The van der Waals surface area contributed by atoms with Crippen LogP contribution in [0.1, 0.15) is 18.4 Å². The molecule has 0 heterocycles. The first-order chi connectivity index (χ1) is 9.63. The van der Waals surface area contributed by atoms with E-state index in [1.165, 1.54) is 0 Å². The molecule has 0 aliphatic carbocycles. The molecule has 0 spiro atoms. The lowest BCUT2D eigenvalue weighted by Gasteiger charge is -2.22. The van der Waals surface area contributed by atoms with E-state index < -0.39 is 0 Å². The molecule has 20 heavy (non-hydrogen) atoms. The minimum absolute atomic E-state index is 0.101. The van der Waals surface area contributed by atoms with Crippen LogP contribution < -0.4 is 5.73 Å². The van der Waals surface area contributed by atoms with Gasteiger partial charge < -0.3 is 15.4 Å². The molecule has 0 aliphatic rings. The Kier molecular flexibility index (Phi) is 7.84. The maximum atomic E-state index is 12.3. The van der Waals surface area contributed by atoms with Crippen molar-refractivity contribution in [3.8, 4) is 0 Å². The number of carbonyl (C=O) groups is 1. The largest absolute Gasteiger partial charge is 0.393 e. The molecule has 1 aromatic carbocycles. The standard InChI is InChI=1S/C15H22N2O2S/c1-19-11-5-9-17(10-8-14(16)20)15(18)12-13-6-3-2-4-7-13/h2-4,6-7H,5,8-12H2,1H3,(H2,16,20). The fourth-order valence-corrected chi connectivity index (χ4v) is 1.98. The number of amides is 1. The zero-order chi connectivity index (χ0) is 14.8. The number of carbonyl (C=O) groups excluding carboxylic acids is 1. The van der Waals surface area contributed by atoms with Crippen molar-refractivity contribution in [3.63, 3.8) is 0 Å². The Bertz CT molecular complexity index is 423. The molecule has 0 atom stereocenters. The molecule has 5 heteroatoms. The summed E-state index contributed by atoms with van der Waals surface area (Å²) in [7, 11) is 1.66. The van der Waals surface area contributed by atoms with E-state index in [2.05, 4.69) is 0 Å². The summed E-state index contributed by atoms with van der Waals surface area (Å²) in [5.41, 5.74) is 6.54. The van der Waals surface area contributed by atoms with Crippen LogP contribution in [0.2, 0.25) is 0 Å². The average molecular weight is 294 g/mol. The second-order valence-electron chi connectivity index (χ2n) is 4.61. The van der Waals surface area contributed by atoms with Crippen molar-refractivity contribution in [2.24, 2.45) is 5.73 Å². The van der Waals surface area contributed by atoms with Gasteiger partial charge in [0.05, 0.1) is 11.4 Å². The van der Waals surface area contributed by atoms with Gasteiger partial charge in [-0.3, -0.25) is 4.79 Å². The normalized spacial score (nSPS) is 10.2. The van der Waals surface area contributed by atoms with Gasteiger partial charge in [0.15, 0.2) is 0 Å². The fraction of sp³-hybridized carbons (Fsp3) is 0.467. The number of nitrogens with zero attached hydrogens (tertiary/aromatic N) is 1. The number of rotatable bonds is 9. The molecule has 0 bridgehead atoms. The predicted octanol–water partition coefficient (Wildman–Crippen LogP) is 1.77. The third-order valence-corrected chi connectivity index (χ3v) is 3.16. The van der Waals surface area contributed by atoms with Crippen molar-refractivity contribution < 1.29 is 9.53 Å². The highest BCUT2D eigenvalue weighted by molar-refractivity contribution is 7.80. The van der Waals surface area contributed by atoms with Crippen LogP contribution in [0.5, 0.6) is 0 Å². The number of nitrogens with two attached hydrogens (primary N) is 1. The lowest BCUT2D eigenvalue weighted by atomic mass is 10.1.